The van der Waals surface area contributed by atoms with Gasteiger partial charge in [-0.1, -0.05) is 17.3 Å². The second-order valence-electron chi connectivity index (χ2n) is 7.20. The summed E-state index contributed by atoms with van der Waals surface area (Å²) in [6, 6.07) is 11.5. The van der Waals surface area contributed by atoms with Crippen LogP contribution >= 0.6 is 0 Å². The van der Waals surface area contributed by atoms with E-state index in [0.29, 0.717) is 36.2 Å². The average molecular weight is 395 g/mol. The molecule has 2 aliphatic heterocycles. The maximum Gasteiger partial charge on any atom is 0.232 e. The van der Waals surface area contributed by atoms with Crippen LogP contribution in [0.15, 0.2) is 47.0 Å². The number of hydrogen-bond donors (Lipinski definition) is 0. The van der Waals surface area contributed by atoms with Gasteiger partial charge in [0, 0.05) is 18.5 Å². The number of carbonyl (C=O) groups excluding carboxylic acids is 1. The van der Waals surface area contributed by atoms with Crippen molar-refractivity contribution in [2.24, 2.45) is 0 Å². The Balaban J connectivity index is 1.33. The zero-order valence-electron chi connectivity index (χ0n) is 15.7. The van der Waals surface area contributed by atoms with Crippen molar-refractivity contribution >= 4 is 5.91 Å². The number of aromatic nitrogens is 2. The van der Waals surface area contributed by atoms with Gasteiger partial charge in [-0.3, -0.25) is 4.79 Å². The number of rotatable bonds is 4. The third-order valence-corrected chi connectivity index (χ3v) is 5.40. The summed E-state index contributed by atoms with van der Waals surface area (Å²) in [5.41, 5.74) is 1.64. The van der Waals surface area contributed by atoms with E-state index in [0.717, 1.165) is 11.1 Å². The van der Waals surface area contributed by atoms with Crippen molar-refractivity contribution in [2.45, 2.75) is 25.3 Å². The molecular formula is C21H18FN3O4. The van der Waals surface area contributed by atoms with Gasteiger partial charge in [0.05, 0.1) is 12.0 Å². The number of carbonyl (C=O) groups is 1. The van der Waals surface area contributed by atoms with Crippen LogP contribution in [0.5, 0.6) is 11.5 Å². The maximum atomic E-state index is 13.2. The lowest BCUT2D eigenvalue weighted by Gasteiger charge is -2.25. The van der Waals surface area contributed by atoms with Gasteiger partial charge in [-0.15, -0.1) is 0 Å². The van der Waals surface area contributed by atoms with Crippen molar-refractivity contribution in [3.05, 3.63) is 59.7 Å². The SMILES string of the molecule is CC(c1ccc(F)cc1)N1CC(c2nc(-c3ccc4c(c3)OCO4)no2)CC1=O. The molecule has 0 radical (unpaired) electrons. The molecule has 3 aromatic rings. The van der Waals surface area contributed by atoms with E-state index < -0.39 is 0 Å². The van der Waals surface area contributed by atoms with Crippen LogP contribution in [0, 0.1) is 5.82 Å². The number of fused-ring (bicyclic) bond motifs is 1. The molecule has 0 spiro atoms. The Morgan fingerprint density at radius 2 is 1.93 bits per heavy atom. The Kier molecular flexibility index (Phi) is 4.19. The van der Waals surface area contributed by atoms with E-state index in [1.54, 1.807) is 29.2 Å². The van der Waals surface area contributed by atoms with Gasteiger partial charge in [-0.2, -0.15) is 4.98 Å². The first-order valence-corrected chi connectivity index (χ1v) is 9.37. The highest BCUT2D eigenvalue weighted by Gasteiger charge is 2.37. The largest absolute Gasteiger partial charge is 0.454 e. The fraction of sp³-hybridized carbons (Fsp3) is 0.286. The molecule has 1 saturated heterocycles. The van der Waals surface area contributed by atoms with Crippen LogP contribution in [-0.4, -0.2) is 34.3 Å². The fourth-order valence-electron chi connectivity index (χ4n) is 3.75. The van der Waals surface area contributed by atoms with Gasteiger partial charge in [0.1, 0.15) is 5.82 Å². The van der Waals surface area contributed by atoms with Gasteiger partial charge in [0.15, 0.2) is 11.5 Å². The molecule has 1 aromatic heterocycles. The number of ether oxygens (including phenoxy) is 2. The van der Waals surface area contributed by atoms with Crippen LogP contribution in [0.2, 0.25) is 0 Å². The zero-order chi connectivity index (χ0) is 20.0. The summed E-state index contributed by atoms with van der Waals surface area (Å²) in [7, 11) is 0. The molecule has 3 heterocycles. The lowest BCUT2D eigenvalue weighted by atomic mass is 10.1. The molecule has 0 bridgehead atoms. The molecule has 0 N–H and O–H groups in total. The van der Waals surface area contributed by atoms with Crippen LogP contribution in [0.4, 0.5) is 4.39 Å². The number of benzene rings is 2. The first-order valence-electron chi connectivity index (χ1n) is 9.37. The number of hydrogen-bond acceptors (Lipinski definition) is 6. The Labute approximate surface area is 166 Å². The molecule has 0 saturated carbocycles. The summed E-state index contributed by atoms with van der Waals surface area (Å²) in [4.78, 5) is 18.8. The molecule has 29 heavy (non-hydrogen) atoms. The molecule has 148 valence electrons. The second kappa shape index (κ2) is 6.88. The fourth-order valence-corrected chi connectivity index (χ4v) is 3.75. The molecule has 2 aliphatic rings. The predicted molar refractivity (Wildman–Crippen MR) is 99.7 cm³/mol. The Morgan fingerprint density at radius 1 is 1.14 bits per heavy atom. The van der Waals surface area contributed by atoms with Crippen LogP contribution in [0.25, 0.3) is 11.4 Å². The normalized spacial score (nSPS) is 19.0. The van der Waals surface area contributed by atoms with Crippen molar-refractivity contribution in [2.75, 3.05) is 13.3 Å². The summed E-state index contributed by atoms with van der Waals surface area (Å²) >= 11 is 0. The predicted octanol–water partition coefficient (Wildman–Crippen LogP) is 3.68. The smallest absolute Gasteiger partial charge is 0.232 e. The van der Waals surface area contributed by atoms with Crippen molar-refractivity contribution < 1.29 is 23.2 Å². The van der Waals surface area contributed by atoms with E-state index >= 15 is 0 Å². The highest BCUT2D eigenvalue weighted by Crippen LogP contribution is 2.37. The molecule has 2 atom stereocenters. The summed E-state index contributed by atoms with van der Waals surface area (Å²) in [6.45, 7) is 2.60. The van der Waals surface area contributed by atoms with E-state index in [1.165, 1.54) is 12.1 Å². The number of nitrogens with zero attached hydrogens (tertiary/aromatic N) is 3. The quantitative estimate of drug-likeness (QED) is 0.671. The zero-order valence-corrected chi connectivity index (χ0v) is 15.7. The molecular weight excluding hydrogens is 377 g/mol. The Bertz CT molecular complexity index is 1070. The summed E-state index contributed by atoms with van der Waals surface area (Å²) < 4.78 is 29.3. The highest BCUT2D eigenvalue weighted by molar-refractivity contribution is 5.80. The molecule has 2 aromatic carbocycles. The minimum Gasteiger partial charge on any atom is -0.454 e. The topological polar surface area (TPSA) is 77.7 Å². The minimum atomic E-state index is -0.298. The van der Waals surface area contributed by atoms with Gasteiger partial charge in [-0.25, -0.2) is 4.39 Å². The average Bonchev–Trinajstić information content (AvgIpc) is 3.46. The highest BCUT2D eigenvalue weighted by atomic mass is 19.1. The van der Waals surface area contributed by atoms with Gasteiger partial charge >= 0.3 is 0 Å². The van der Waals surface area contributed by atoms with Gasteiger partial charge in [0.25, 0.3) is 0 Å². The number of amides is 1. The first-order chi connectivity index (χ1) is 14.1. The molecule has 7 nitrogen and oxygen atoms in total. The van der Waals surface area contributed by atoms with Gasteiger partial charge < -0.3 is 18.9 Å². The van der Waals surface area contributed by atoms with Crippen molar-refractivity contribution in [3.8, 4) is 22.9 Å². The second-order valence-corrected chi connectivity index (χ2v) is 7.20. The molecule has 8 heteroatoms. The van der Waals surface area contributed by atoms with Crippen LogP contribution in [0.1, 0.15) is 36.8 Å². The first kappa shape index (κ1) is 17.7. The standard InChI is InChI=1S/C21H18FN3O4/c1-12(13-2-5-16(22)6-3-13)25-10-15(9-19(25)26)21-23-20(24-29-21)14-4-7-17-18(8-14)28-11-27-17/h2-8,12,15H,9-11H2,1H3. The molecule has 1 amide bonds. The lowest BCUT2D eigenvalue weighted by molar-refractivity contribution is -0.129. The van der Waals surface area contributed by atoms with Gasteiger partial charge in [-0.05, 0) is 42.8 Å². The number of likely N-dealkylation sites (tertiary alicyclic amines) is 1. The lowest BCUT2D eigenvalue weighted by Crippen LogP contribution is -2.28. The number of halogens is 1. The molecule has 1 fully saturated rings. The molecule has 5 rings (SSSR count). The summed E-state index contributed by atoms with van der Waals surface area (Å²) in [5, 5.41) is 4.07. The Hall–Kier alpha value is -3.42. The van der Waals surface area contributed by atoms with Crippen LogP contribution in [0.3, 0.4) is 0 Å². The van der Waals surface area contributed by atoms with Crippen molar-refractivity contribution in [1.29, 1.82) is 0 Å². The maximum absolute atomic E-state index is 13.2. The Morgan fingerprint density at radius 3 is 2.76 bits per heavy atom. The van der Waals surface area contributed by atoms with Crippen LogP contribution in [-0.2, 0) is 4.79 Å². The monoisotopic (exact) mass is 395 g/mol. The van der Waals surface area contributed by atoms with E-state index in [9.17, 15) is 9.18 Å². The van der Waals surface area contributed by atoms with Crippen molar-refractivity contribution in [3.63, 3.8) is 0 Å². The third kappa shape index (κ3) is 3.20. The third-order valence-electron chi connectivity index (χ3n) is 5.40. The van der Waals surface area contributed by atoms with E-state index in [2.05, 4.69) is 10.1 Å². The minimum absolute atomic E-state index is 0.00894. The van der Waals surface area contributed by atoms with E-state index in [4.69, 9.17) is 14.0 Å². The summed E-state index contributed by atoms with van der Waals surface area (Å²) in [5.74, 6) is 1.73. The van der Waals surface area contributed by atoms with E-state index in [-0.39, 0.29) is 30.5 Å². The van der Waals surface area contributed by atoms with E-state index in [1.807, 2.05) is 13.0 Å². The molecule has 0 aliphatic carbocycles. The summed E-state index contributed by atoms with van der Waals surface area (Å²) in [6.07, 6.45) is 0.300. The van der Waals surface area contributed by atoms with Crippen molar-refractivity contribution in [1.82, 2.24) is 15.0 Å². The van der Waals surface area contributed by atoms with Gasteiger partial charge in [0.2, 0.25) is 24.4 Å². The van der Waals surface area contributed by atoms with Crippen LogP contribution < -0.4 is 9.47 Å². The molecule has 2 unspecified atom stereocenters.